The van der Waals surface area contributed by atoms with Crippen molar-refractivity contribution in [3.63, 3.8) is 0 Å². The summed E-state index contributed by atoms with van der Waals surface area (Å²) in [4.78, 5) is 9.31. The molecular weight excluding hydrogens is 404 g/mol. The number of hydrogen-bond donors (Lipinski definition) is 1. The fourth-order valence-electron chi connectivity index (χ4n) is 4.09. The monoisotopic (exact) mass is 428 g/mol. The van der Waals surface area contributed by atoms with Crippen LogP contribution in [0.5, 0.6) is 5.75 Å². The van der Waals surface area contributed by atoms with Crippen LogP contribution in [0, 0.1) is 0 Å². The van der Waals surface area contributed by atoms with E-state index >= 15 is 0 Å². The summed E-state index contributed by atoms with van der Waals surface area (Å²) in [5.41, 5.74) is 7.59. The quantitative estimate of drug-likeness (QED) is 0.319. The molecule has 2 aromatic heterocycles. The van der Waals surface area contributed by atoms with Crippen molar-refractivity contribution in [3.8, 4) is 39.5 Å². The largest absolute Gasteiger partial charge is 0.507 e. The van der Waals surface area contributed by atoms with Gasteiger partial charge in [0.15, 0.2) is 0 Å². The van der Waals surface area contributed by atoms with Gasteiger partial charge in [0.1, 0.15) is 5.75 Å². The Morgan fingerprint density at radius 3 is 2.06 bits per heavy atom. The van der Waals surface area contributed by atoms with Gasteiger partial charge in [-0.05, 0) is 53.6 Å². The van der Waals surface area contributed by atoms with E-state index in [4.69, 9.17) is 4.98 Å². The minimum atomic E-state index is 0.194. The van der Waals surface area contributed by atoms with E-state index in [1.165, 1.54) is 5.56 Å². The zero-order valence-corrected chi connectivity index (χ0v) is 18.4. The summed E-state index contributed by atoms with van der Waals surface area (Å²) in [5, 5.41) is 10.8. The van der Waals surface area contributed by atoms with Crippen molar-refractivity contribution >= 4 is 0 Å². The Hall–Kier alpha value is -4.24. The van der Waals surface area contributed by atoms with E-state index in [-0.39, 0.29) is 11.7 Å². The van der Waals surface area contributed by atoms with Crippen LogP contribution in [0.25, 0.3) is 33.8 Å². The fraction of sp³-hybridized carbons (Fsp3) is 0.0667. The molecule has 0 fully saturated rings. The van der Waals surface area contributed by atoms with E-state index in [9.17, 15) is 5.11 Å². The molecule has 1 N–H and O–H groups in total. The lowest BCUT2D eigenvalue weighted by Gasteiger charge is -2.14. The molecule has 33 heavy (non-hydrogen) atoms. The highest BCUT2D eigenvalue weighted by Crippen LogP contribution is 2.34. The number of nitrogens with zero attached hydrogens (tertiary/aromatic N) is 2. The average molecular weight is 429 g/mol. The molecule has 1 unspecified atom stereocenters. The van der Waals surface area contributed by atoms with Gasteiger partial charge in [0.2, 0.25) is 0 Å². The molecular formula is C30H24N2O. The highest BCUT2D eigenvalue weighted by Gasteiger charge is 2.13. The number of phenols is 1. The SMILES string of the molecule is CC(c1ccccc1)c1ccc(-c2cccc(-c3cccc(-c4ccccn4)c3)n2)c(O)c1. The number of phenolic OH excluding ortho intramolecular Hbond substituents is 1. The van der Waals surface area contributed by atoms with Crippen LogP contribution in [-0.2, 0) is 0 Å². The van der Waals surface area contributed by atoms with Gasteiger partial charge in [-0.1, -0.05) is 73.7 Å². The van der Waals surface area contributed by atoms with E-state index in [1.807, 2.05) is 84.9 Å². The van der Waals surface area contributed by atoms with Gasteiger partial charge in [0, 0.05) is 28.8 Å². The molecule has 1 atom stereocenters. The number of benzene rings is 3. The van der Waals surface area contributed by atoms with Gasteiger partial charge in [-0.3, -0.25) is 4.98 Å². The second kappa shape index (κ2) is 9.09. The highest BCUT2D eigenvalue weighted by atomic mass is 16.3. The van der Waals surface area contributed by atoms with Crippen molar-refractivity contribution in [2.75, 3.05) is 0 Å². The molecule has 0 saturated carbocycles. The molecule has 0 saturated heterocycles. The van der Waals surface area contributed by atoms with E-state index in [0.29, 0.717) is 0 Å². The molecule has 0 spiro atoms. The zero-order valence-electron chi connectivity index (χ0n) is 18.4. The van der Waals surface area contributed by atoms with Gasteiger partial charge >= 0.3 is 0 Å². The molecule has 2 heterocycles. The lowest BCUT2D eigenvalue weighted by atomic mass is 9.92. The predicted octanol–water partition coefficient (Wildman–Crippen LogP) is 7.34. The molecule has 0 amide bonds. The second-order valence-corrected chi connectivity index (χ2v) is 8.11. The van der Waals surface area contributed by atoms with Gasteiger partial charge in [0.25, 0.3) is 0 Å². The predicted molar refractivity (Wildman–Crippen MR) is 134 cm³/mol. The van der Waals surface area contributed by atoms with E-state index in [0.717, 1.165) is 39.3 Å². The summed E-state index contributed by atoms with van der Waals surface area (Å²) in [6.45, 7) is 2.15. The third-order valence-electron chi connectivity index (χ3n) is 5.97. The van der Waals surface area contributed by atoms with Crippen LogP contribution in [0.4, 0.5) is 0 Å². The molecule has 3 aromatic carbocycles. The summed E-state index contributed by atoms with van der Waals surface area (Å²) in [7, 11) is 0. The minimum absolute atomic E-state index is 0.194. The maximum absolute atomic E-state index is 10.8. The van der Waals surface area contributed by atoms with Crippen molar-refractivity contribution in [1.29, 1.82) is 0 Å². The Morgan fingerprint density at radius 1 is 0.606 bits per heavy atom. The Morgan fingerprint density at radius 2 is 1.30 bits per heavy atom. The van der Waals surface area contributed by atoms with Crippen LogP contribution in [-0.4, -0.2) is 15.1 Å². The van der Waals surface area contributed by atoms with Crippen LogP contribution in [0.3, 0.4) is 0 Å². The first kappa shape index (κ1) is 20.7. The molecule has 0 aliphatic rings. The van der Waals surface area contributed by atoms with Crippen molar-refractivity contribution in [2.45, 2.75) is 12.8 Å². The molecule has 3 heteroatoms. The van der Waals surface area contributed by atoms with Crippen LogP contribution < -0.4 is 0 Å². The van der Waals surface area contributed by atoms with Gasteiger partial charge in [-0.25, -0.2) is 4.98 Å². The van der Waals surface area contributed by atoms with Crippen molar-refractivity contribution in [3.05, 3.63) is 127 Å². The summed E-state index contributed by atoms with van der Waals surface area (Å²) in [6, 6.07) is 36.2. The van der Waals surface area contributed by atoms with Crippen molar-refractivity contribution in [1.82, 2.24) is 9.97 Å². The summed E-state index contributed by atoms with van der Waals surface area (Å²) >= 11 is 0. The summed E-state index contributed by atoms with van der Waals surface area (Å²) in [6.07, 6.45) is 1.80. The molecule has 5 aromatic rings. The summed E-state index contributed by atoms with van der Waals surface area (Å²) < 4.78 is 0. The minimum Gasteiger partial charge on any atom is -0.507 e. The van der Waals surface area contributed by atoms with E-state index in [1.54, 1.807) is 6.20 Å². The number of aromatic hydroxyl groups is 1. The number of aromatic nitrogens is 2. The van der Waals surface area contributed by atoms with E-state index < -0.39 is 0 Å². The maximum atomic E-state index is 10.8. The molecule has 0 radical (unpaired) electrons. The average Bonchev–Trinajstić information content (AvgIpc) is 2.89. The molecule has 5 rings (SSSR count). The third-order valence-corrected chi connectivity index (χ3v) is 5.97. The first-order chi connectivity index (χ1) is 16.2. The molecule has 0 aliphatic heterocycles. The number of rotatable bonds is 5. The maximum Gasteiger partial charge on any atom is 0.125 e. The first-order valence-electron chi connectivity index (χ1n) is 11.1. The normalized spacial score (nSPS) is 11.8. The smallest absolute Gasteiger partial charge is 0.125 e. The van der Waals surface area contributed by atoms with Crippen LogP contribution in [0.15, 0.2) is 115 Å². The van der Waals surface area contributed by atoms with Crippen molar-refractivity contribution in [2.24, 2.45) is 0 Å². The summed E-state index contributed by atoms with van der Waals surface area (Å²) in [5.74, 6) is 0.432. The Kier molecular flexibility index (Phi) is 5.69. The molecule has 3 nitrogen and oxygen atoms in total. The molecule has 160 valence electrons. The van der Waals surface area contributed by atoms with Gasteiger partial charge < -0.3 is 5.11 Å². The zero-order chi connectivity index (χ0) is 22.6. The van der Waals surface area contributed by atoms with Crippen LogP contribution in [0.2, 0.25) is 0 Å². The number of hydrogen-bond acceptors (Lipinski definition) is 3. The highest BCUT2D eigenvalue weighted by molar-refractivity contribution is 5.73. The third kappa shape index (κ3) is 4.39. The standard InChI is InChI=1S/C30H24N2O/c1-21(22-9-3-2-4-10-22)23-16-17-26(30(33)20-23)29-15-8-14-28(32-29)25-12-7-11-24(19-25)27-13-5-6-18-31-27/h2-21,33H,1H3. The van der Waals surface area contributed by atoms with Crippen LogP contribution >= 0.6 is 0 Å². The Labute approximate surface area is 194 Å². The Bertz CT molecular complexity index is 1380. The van der Waals surface area contributed by atoms with Gasteiger partial charge in [-0.15, -0.1) is 0 Å². The number of pyridine rings is 2. The lowest BCUT2D eigenvalue weighted by Crippen LogP contribution is -1.96. The molecule has 0 aliphatic carbocycles. The fourth-order valence-corrected chi connectivity index (χ4v) is 4.09. The van der Waals surface area contributed by atoms with Gasteiger partial charge in [-0.2, -0.15) is 0 Å². The van der Waals surface area contributed by atoms with E-state index in [2.05, 4.69) is 36.2 Å². The van der Waals surface area contributed by atoms with Gasteiger partial charge in [0.05, 0.1) is 17.1 Å². The topological polar surface area (TPSA) is 46.0 Å². The van der Waals surface area contributed by atoms with Crippen molar-refractivity contribution < 1.29 is 5.11 Å². The first-order valence-corrected chi connectivity index (χ1v) is 11.1. The van der Waals surface area contributed by atoms with Crippen LogP contribution in [0.1, 0.15) is 24.0 Å². The Balaban J connectivity index is 1.46. The second-order valence-electron chi connectivity index (χ2n) is 8.11. The lowest BCUT2D eigenvalue weighted by molar-refractivity contribution is 0.476. The molecule has 0 bridgehead atoms.